The van der Waals surface area contributed by atoms with Gasteiger partial charge in [-0.1, -0.05) is 0 Å². The van der Waals surface area contributed by atoms with E-state index in [-0.39, 0.29) is 0 Å². The Morgan fingerprint density at radius 1 is 1.45 bits per heavy atom. The summed E-state index contributed by atoms with van der Waals surface area (Å²) in [5.41, 5.74) is 0. The molecule has 0 aromatic heterocycles. The summed E-state index contributed by atoms with van der Waals surface area (Å²) < 4.78 is 6.17. The molecule has 1 aliphatic rings. The van der Waals surface area contributed by atoms with Gasteiger partial charge in [0.1, 0.15) is 19.2 Å². The van der Waals surface area contributed by atoms with Crippen molar-refractivity contribution in [3.8, 4) is 6.07 Å². The summed E-state index contributed by atoms with van der Waals surface area (Å²) in [6.07, 6.45) is 0. The maximum Gasteiger partial charge on any atom is 0.166 e. The van der Waals surface area contributed by atoms with Crippen molar-refractivity contribution in [2.75, 3.05) is 39.4 Å². The second kappa shape index (κ2) is 3.70. The van der Waals surface area contributed by atoms with Crippen LogP contribution in [-0.4, -0.2) is 43.9 Å². The second-order valence-electron chi connectivity index (χ2n) is 3.03. The van der Waals surface area contributed by atoms with Crippen LogP contribution >= 0.6 is 0 Å². The smallest absolute Gasteiger partial charge is 0.166 e. The van der Waals surface area contributed by atoms with Gasteiger partial charge in [-0.15, -0.1) is 0 Å². The minimum absolute atomic E-state index is 0.639. The fourth-order valence-corrected chi connectivity index (χ4v) is 1.47. The van der Waals surface area contributed by atoms with E-state index in [0.29, 0.717) is 6.54 Å². The standard InChI is InChI=1S/C8H15N2O/c1-2-10(4-3-9)5-7-11-8-6-10/h2,4-8H2,1H3/q+1. The maximum atomic E-state index is 8.61. The Balaban J connectivity index is 2.51. The average Bonchev–Trinajstić information content (AvgIpc) is 2.07. The first-order valence-corrected chi connectivity index (χ1v) is 4.13. The number of nitrogens with zero attached hydrogens (tertiary/aromatic N) is 2. The minimum Gasteiger partial charge on any atom is -0.370 e. The third kappa shape index (κ3) is 1.92. The summed E-state index contributed by atoms with van der Waals surface area (Å²) in [5.74, 6) is 0. The highest BCUT2D eigenvalue weighted by Gasteiger charge is 2.27. The molecule has 0 N–H and O–H groups in total. The first kappa shape index (κ1) is 8.51. The summed E-state index contributed by atoms with van der Waals surface area (Å²) in [6, 6.07) is 2.25. The zero-order valence-corrected chi connectivity index (χ0v) is 7.05. The molecule has 0 bridgehead atoms. The minimum atomic E-state index is 0.639. The number of quaternary nitrogens is 1. The lowest BCUT2D eigenvalue weighted by atomic mass is 10.3. The van der Waals surface area contributed by atoms with Crippen LogP contribution in [0.15, 0.2) is 0 Å². The Kier molecular flexibility index (Phi) is 2.86. The fraction of sp³-hybridized carbons (Fsp3) is 0.875. The van der Waals surface area contributed by atoms with Gasteiger partial charge in [-0.05, 0) is 6.92 Å². The Bertz CT molecular complexity index is 156. The zero-order valence-electron chi connectivity index (χ0n) is 7.05. The number of hydrogen-bond acceptors (Lipinski definition) is 2. The quantitative estimate of drug-likeness (QED) is 0.426. The highest BCUT2D eigenvalue weighted by atomic mass is 16.5. The monoisotopic (exact) mass is 155 g/mol. The third-order valence-corrected chi connectivity index (χ3v) is 2.50. The van der Waals surface area contributed by atoms with E-state index in [1.54, 1.807) is 0 Å². The van der Waals surface area contributed by atoms with E-state index < -0.39 is 0 Å². The molecule has 0 aromatic rings. The van der Waals surface area contributed by atoms with Crippen LogP contribution in [0.3, 0.4) is 0 Å². The first-order chi connectivity index (χ1) is 5.33. The normalized spacial score (nSPS) is 22.5. The number of likely N-dealkylation sites (N-methyl/N-ethyl adjacent to an activating group) is 1. The van der Waals surface area contributed by atoms with Crippen LogP contribution in [0.5, 0.6) is 0 Å². The molecule has 0 radical (unpaired) electrons. The van der Waals surface area contributed by atoms with Crippen molar-refractivity contribution in [3.63, 3.8) is 0 Å². The molecule has 62 valence electrons. The molecular formula is C8H15N2O+. The van der Waals surface area contributed by atoms with E-state index in [1.807, 2.05) is 0 Å². The van der Waals surface area contributed by atoms with Crippen molar-refractivity contribution in [3.05, 3.63) is 0 Å². The van der Waals surface area contributed by atoms with Gasteiger partial charge >= 0.3 is 0 Å². The number of hydrogen-bond donors (Lipinski definition) is 0. The Morgan fingerprint density at radius 2 is 2.09 bits per heavy atom. The van der Waals surface area contributed by atoms with Gasteiger partial charge in [0.25, 0.3) is 0 Å². The highest BCUT2D eigenvalue weighted by molar-refractivity contribution is 4.69. The summed E-state index contributed by atoms with van der Waals surface area (Å²) in [7, 11) is 0. The van der Waals surface area contributed by atoms with Gasteiger partial charge in [0.2, 0.25) is 0 Å². The van der Waals surface area contributed by atoms with Gasteiger partial charge in [-0.2, -0.15) is 5.26 Å². The third-order valence-electron chi connectivity index (χ3n) is 2.50. The molecule has 1 saturated heterocycles. The van der Waals surface area contributed by atoms with Gasteiger partial charge in [0.05, 0.1) is 19.8 Å². The van der Waals surface area contributed by atoms with E-state index in [4.69, 9.17) is 10.00 Å². The van der Waals surface area contributed by atoms with Gasteiger partial charge in [-0.25, -0.2) is 0 Å². The molecule has 1 aliphatic heterocycles. The van der Waals surface area contributed by atoms with Gasteiger partial charge in [0.15, 0.2) is 6.54 Å². The summed E-state index contributed by atoms with van der Waals surface area (Å²) in [6.45, 7) is 7.47. The molecule has 1 rings (SSSR count). The largest absolute Gasteiger partial charge is 0.370 e. The van der Waals surface area contributed by atoms with Crippen molar-refractivity contribution in [1.29, 1.82) is 5.26 Å². The molecule has 0 saturated carbocycles. The predicted molar refractivity (Wildman–Crippen MR) is 41.8 cm³/mol. The molecule has 1 fully saturated rings. The molecule has 1 heterocycles. The van der Waals surface area contributed by atoms with Crippen LogP contribution in [0.4, 0.5) is 0 Å². The molecular weight excluding hydrogens is 140 g/mol. The molecule has 0 unspecified atom stereocenters. The molecule has 0 aliphatic carbocycles. The van der Waals surface area contributed by atoms with Crippen molar-refractivity contribution in [2.24, 2.45) is 0 Å². The van der Waals surface area contributed by atoms with E-state index in [2.05, 4.69) is 13.0 Å². The van der Waals surface area contributed by atoms with Crippen molar-refractivity contribution < 1.29 is 9.22 Å². The lowest BCUT2D eigenvalue weighted by Gasteiger charge is -2.38. The number of rotatable bonds is 2. The summed E-state index contributed by atoms with van der Waals surface area (Å²) >= 11 is 0. The van der Waals surface area contributed by atoms with E-state index in [1.165, 1.54) is 0 Å². The van der Waals surface area contributed by atoms with Gasteiger partial charge in [-0.3, -0.25) is 0 Å². The predicted octanol–water partition coefficient (Wildman–Crippen LogP) is 0.377. The van der Waals surface area contributed by atoms with Crippen molar-refractivity contribution in [1.82, 2.24) is 0 Å². The fourth-order valence-electron chi connectivity index (χ4n) is 1.47. The SMILES string of the molecule is CC[N+]1(CC#N)CCOCC1. The molecule has 0 aromatic carbocycles. The zero-order chi connectivity index (χ0) is 8.16. The van der Waals surface area contributed by atoms with Crippen LogP contribution in [-0.2, 0) is 4.74 Å². The van der Waals surface area contributed by atoms with Gasteiger partial charge in [0, 0.05) is 0 Å². The van der Waals surface area contributed by atoms with Crippen LogP contribution in [0.1, 0.15) is 6.92 Å². The molecule has 11 heavy (non-hydrogen) atoms. The van der Waals surface area contributed by atoms with Gasteiger partial charge < -0.3 is 9.22 Å². The van der Waals surface area contributed by atoms with Crippen LogP contribution in [0.2, 0.25) is 0 Å². The Hall–Kier alpha value is -0.590. The van der Waals surface area contributed by atoms with Crippen molar-refractivity contribution in [2.45, 2.75) is 6.92 Å². The highest BCUT2D eigenvalue weighted by Crippen LogP contribution is 2.09. The molecule has 0 amide bonds. The average molecular weight is 155 g/mol. The van der Waals surface area contributed by atoms with E-state index in [9.17, 15) is 0 Å². The van der Waals surface area contributed by atoms with Crippen LogP contribution in [0, 0.1) is 11.3 Å². The maximum absolute atomic E-state index is 8.61. The topological polar surface area (TPSA) is 33.0 Å². The molecule has 3 nitrogen and oxygen atoms in total. The Morgan fingerprint density at radius 3 is 2.55 bits per heavy atom. The van der Waals surface area contributed by atoms with E-state index >= 15 is 0 Å². The lowest BCUT2D eigenvalue weighted by Crippen LogP contribution is -2.55. The van der Waals surface area contributed by atoms with E-state index in [0.717, 1.165) is 37.3 Å². The number of ether oxygens (including phenoxy) is 1. The summed E-state index contributed by atoms with van der Waals surface area (Å²) in [4.78, 5) is 0. The molecule has 0 atom stereocenters. The molecule has 3 heteroatoms. The number of nitriles is 1. The first-order valence-electron chi connectivity index (χ1n) is 4.13. The van der Waals surface area contributed by atoms with Crippen LogP contribution in [0.25, 0.3) is 0 Å². The van der Waals surface area contributed by atoms with Crippen LogP contribution < -0.4 is 0 Å². The molecule has 0 spiro atoms. The second-order valence-corrected chi connectivity index (χ2v) is 3.03. The number of morpholine rings is 1. The lowest BCUT2D eigenvalue weighted by molar-refractivity contribution is -0.927. The van der Waals surface area contributed by atoms with Crippen molar-refractivity contribution >= 4 is 0 Å². The summed E-state index contributed by atoms with van der Waals surface area (Å²) in [5, 5.41) is 8.61. The Labute approximate surface area is 67.8 Å².